The molecule has 0 atom stereocenters. The first-order valence-corrected chi connectivity index (χ1v) is 15.3. The van der Waals surface area contributed by atoms with Crippen molar-refractivity contribution < 1.29 is 19.1 Å². The summed E-state index contributed by atoms with van der Waals surface area (Å²) in [6.45, 7) is 21.0. The normalized spacial score (nSPS) is 11.0. The van der Waals surface area contributed by atoms with Crippen LogP contribution in [0.2, 0.25) is 0 Å². The van der Waals surface area contributed by atoms with Gasteiger partial charge in [-0.2, -0.15) is 0 Å². The lowest BCUT2D eigenvalue weighted by Gasteiger charge is -2.22. The third kappa shape index (κ3) is 12.0. The fourth-order valence-corrected chi connectivity index (χ4v) is 4.39. The van der Waals surface area contributed by atoms with Gasteiger partial charge in [-0.3, -0.25) is 9.59 Å². The molecule has 0 N–H and O–H groups in total. The van der Waals surface area contributed by atoms with E-state index in [1.165, 1.54) is 23.3 Å². The van der Waals surface area contributed by atoms with Crippen molar-refractivity contribution in [2.75, 3.05) is 49.2 Å². The van der Waals surface area contributed by atoms with Crippen LogP contribution < -0.4 is 19.3 Å². The molecule has 0 unspecified atom stereocenters. The predicted octanol–water partition coefficient (Wildman–Crippen LogP) is 8.32. The standard InChI is InChI=1S/C37H50N2O4/c1-9-38(10-2)32-17-13-30(36(25-32)42-23-21-28(5)6)15-19-34(40)27-35(41)20-16-31-14-18-33(39(11-3)12-4)26-37(31)43-24-22-29(7)8/h13-22,25-26H,9-12,23-24,27H2,1-8H3/b19-15+,20-16+. The van der Waals surface area contributed by atoms with E-state index < -0.39 is 0 Å². The summed E-state index contributed by atoms with van der Waals surface area (Å²) < 4.78 is 12.1. The molecule has 0 aliphatic rings. The van der Waals surface area contributed by atoms with Gasteiger partial charge in [-0.15, -0.1) is 0 Å². The van der Waals surface area contributed by atoms with Gasteiger partial charge in [0.05, 0.1) is 6.42 Å². The number of benzene rings is 2. The summed E-state index contributed by atoms with van der Waals surface area (Å²) in [6.07, 6.45) is 10.2. The van der Waals surface area contributed by atoms with Gasteiger partial charge in [0.1, 0.15) is 24.7 Å². The average Bonchev–Trinajstić information content (AvgIpc) is 2.97. The van der Waals surface area contributed by atoms with Gasteiger partial charge in [0, 0.05) is 60.8 Å². The molecule has 6 nitrogen and oxygen atoms in total. The number of ketones is 2. The second-order valence-electron chi connectivity index (χ2n) is 10.7. The maximum atomic E-state index is 12.7. The van der Waals surface area contributed by atoms with Crippen LogP contribution in [0.4, 0.5) is 11.4 Å². The second kappa shape index (κ2) is 18.5. The number of carbonyl (C=O) groups excluding carboxylic acids is 2. The summed E-state index contributed by atoms with van der Waals surface area (Å²) in [4.78, 5) is 30.0. The molecule has 0 fully saturated rings. The van der Waals surface area contributed by atoms with Gasteiger partial charge in [-0.25, -0.2) is 0 Å². The molecule has 0 radical (unpaired) electrons. The Hall–Kier alpha value is -4.06. The summed E-state index contributed by atoms with van der Waals surface area (Å²) in [5.74, 6) is 0.862. The highest BCUT2D eigenvalue weighted by molar-refractivity contribution is 6.11. The highest BCUT2D eigenvalue weighted by atomic mass is 16.5. The molecular weight excluding hydrogens is 536 g/mol. The molecule has 0 saturated heterocycles. The number of anilines is 2. The molecule has 0 aliphatic heterocycles. The summed E-state index contributed by atoms with van der Waals surface area (Å²) in [6, 6.07) is 12.0. The molecule has 0 aliphatic carbocycles. The molecule has 43 heavy (non-hydrogen) atoms. The van der Waals surface area contributed by atoms with Crippen molar-refractivity contribution in [3.8, 4) is 11.5 Å². The summed E-state index contributed by atoms with van der Waals surface area (Å²) in [5.41, 5.74) is 6.06. The summed E-state index contributed by atoms with van der Waals surface area (Å²) in [5, 5.41) is 0. The molecule has 0 aromatic heterocycles. The molecular formula is C37H50N2O4. The number of carbonyl (C=O) groups is 2. The third-order valence-electron chi connectivity index (χ3n) is 6.96. The number of rotatable bonds is 18. The number of hydrogen-bond acceptors (Lipinski definition) is 6. The van der Waals surface area contributed by atoms with Crippen molar-refractivity contribution >= 4 is 35.1 Å². The quantitative estimate of drug-likeness (QED) is 0.0994. The molecule has 2 aromatic carbocycles. The number of ether oxygens (including phenoxy) is 2. The van der Waals surface area contributed by atoms with E-state index >= 15 is 0 Å². The Morgan fingerprint density at radius 2 is 1.00 bits per heavy atom. The minimum absolute atomic E-state index is 0.218. The predicted molar refractivity (Wildman–Crippen MR) is 183 cm³/mol. The van der Waals surface area contributed by atoms with Gasteiger partial charge in [0.25, 0.3) is 0 Å². The zero-order valence-corrected chi connectivity index (χ0v) is 27.4. The molecule has 0 saturated carbocycles. The molecule has 6 heteroatoms. The first kappa shape index (κ1) is 35.1. The molecule has 2 aromatic rings. The lowest BCUT2D eigenvalue weighted by atomic mass is 10.1. The van der Waals surface area contributed by atoms with E-state index in [0.717, 1.165) is 48.7 Å². The van der Waals surface area contributed by atoms with E-state index in [0.29, 0.717) is 24.7 Å². The van der Waals surface area contributed by atoms with Crippen LogP contribution in [0.5, 0.6) is 11.5 Å². The van der Waals surface area contributed by atoms with E-state index in [4.69, 9.17) is 9.47 Å². The minimum atomic E-state index is -0.269. The number of nitrogens with zero attached hydrogens (tertiary/aromatic N) is 2. The minimum Gasteiger partial charge on any atom is -0.489 e. The Morgan fingerprint density at radius 3 is 1.33 bits per heavy atom. The van der Waals surface area contributed by atoms with Gasteiger partial charge in [-0.1, -0.05) is 11.1 Å². The van der Waals surface area contributed by atoms with E-state index in [1.54, 1.807) is 12.2 Å². The number of hydrogen-bond donors (Lipinski definition) is 0. The Balaban J connectivity index is 2.19. The zero-order valence-electron chi connectivity index (χ0n) is 27.4. The molecule has 232 valence electrons. The van der Waals surface area contributed by atoms with Gasteiger partial charge < -0.3 is 19.3 Å². The van der Waals surface area contributed by atoms with Gasteiger partial charge in [-0.05, 0) is 116 Å². The topological polar surface area (TPSA) is 59.1 Å². The Bertz CT molecular complexity index is 1220. The lowest BCUT2D eigenvalue weighted by molar-refractivity contribution is -0.121. The first-order valence-electron chi connectivity index (χ1n) is 15.3. The monoisotopic (exact) mass is 586 g/mol. The van der Waals surface area contributed by atoms with Gasteiger partial charge >= 0.3 is 0 Å². The van der Waals surface area contributed by atoms with Crippen LogP contribution in [0, 0.1) is 0 Å². The van der Waals surface area contributed by atoms with Crippen LogP contribution in [-0.2, 0) is 9.59 Å². The van der Waals surface area contributed by atoms with Crippen molar-refractivity contribution in [3.05, 3.63) is 83.0 Å². The van der Waals surface area contributed by atoms with Crippen LogP contribution in [0.15, 0.2) is 71.8 Å². The van der Waals surface area contributed by atoms with Gasteiger partial charge in [0.15, 0.2) is 11.6 Å². The Labute approximate surface area is 259 Å². The average molecular weight is 587 g/mol. The molecule has 0 heterocycles. The smallest absolute Gasteiger partial charge is 0.163 e. The maximum absolute atomic E-state index is 12.7. The highest BCUT2D eigenvalue weighted by Crippen LogP contribution is 2.29. The third-order valence-corrected chi connectivity index (χ3v) is 6.96. The SMILES string of the molecule is CCN(CC)c1ccc(/C=C/C(=O)CC(=O)/C=C/c2ccc(N(CC)CC)cc2OCC=C(C)C)c(OCC=C(C)C)c1. The van der Waals surface area contributed by atoms with Crippen molar-refractivity contribution in [1.29, 1.82) is 0 Å². The van der Waals surface area contributed by atoms with Gasteiger partial charge in [0.2, 0.25) is 0 Å². The zero-order chi connectivity index (χ0) is 31.8. The Kier molecular flexibility index (Phi) is 15.1. The van der Waals surface area contributed by atoms with Crippen molar-refractivity contribution in [2.45, 2.75) is 61.8 Å². The van der Waals surface area contributed by atoms with Crippen LogP contribution in [0.25, 0.3) is 12.2 Å². The maximum Gasteiger partial charge on any atom is 0.163 e. The van der Waals surface area contributed by atoms with Crippen LogP contribution >= 0.6 is 0 Å². The fourth-order valence-electron chi connectivity index (χ4n) is 4.39. The van der Waals surface area contributed by atoms with Crippen LogP contribution in [-0.4, -0.2) is 51.0 Å². The summed E-state index contributed by atoms with van der Waals surface area (Å²) in [7, 11) is 0. The molecule has 0 spiro atoms. The molecule has 0 bridgehead atoms. The van der Waals surface area contributed by atoms with Crippen molar-refractivity contribution in [1.82, 2.24) is 0 Å². The van der Waals surface area contributed by atoms with E-state index in [1.807, 2.05) is 76.2 Å². The first-order chi connectivity index (χ1) is 20.6. The van der Waals surface area contributed by atoms with Crippen LogP contribution in [0.1, 0.15) is 72.9 Å². The van der Waals surface area contributed by atoms with Crippen molar-refractivity contribution in [3.63, 3.8) is 0 Å². The van der Waals surface area contributed by atoms with E-state index in [2.05, 4.69) is 37.5 Å². The highest BCUT2D eigenvalue weighted by Gasteiger charge is 2.11. The molecule has 2 rings (SSSR count). The van der Waals surface area contributed by atoms with E-state index in [-0.39, 0.29) is 18.0 Å². The second-order valence-corrected chi connectivity index (χ2v) is 10.7. The van der Waals surface area contributed by atoms with Crippen LogP contribution in [0.3, 0.4) is 0 Å². The fraction of sp³-hybridized carbons (Fsp3) is 0.405. The lowest BCUT2D eigenvalue weighted by Crippen LogP contribution is -2.21. The summed E-state index contributed by atoms with van der Waals surface area (Å²) >= 11 is 0. The molecule has 0 amide bonds. The largest absolute Gasteiger partial charge is 0.489 e. The Morgan fingerprint density at radius 1 is 0.628 bits per heavy atom. The van der Waals surface area contributed by atoms with Crippen molar-refractivity contribution in [2.24, 2.45) is 0 Å². The van der Waals surface area contributed by atoms with E-state index in [9.17, 15) is 9.59 Å². The number of allylic oxidation sites excluding steroid dienone is 4.